The second-order valence-corrected chi connectivity index (χ2v) is 12.9. The summed E-state index contributed by atoms with van der Waals surface area (Å²) in [5, 5.41) is 15.3. The number of carbonyl (C=O) groups excluding carboxylic acids is 2. The lowest BCUT2D eigenvalue weighted by Crippen LogP contribution is -2.18. The van der Waals surface area contributed by atoms with Crippen LogP contribution in [-0.2, 0) is 42.3 Å². The summed E-state index contributed by atoms with van der Waals surface area (Å²) in [5.74, 6) is 1.84. The highest BCUT2D eigenvalue weighted by atomic mass is 32.2. The summed E-state index contributed by atoms with van der Waals surface area (Å²) in [6.07, 6.45) is 6.25. The van der Waals surface area contributed by atoms with Gasteiger partial charge in [0.1, 0.15) is 5.00 Å². The van der Waals surface area contributed by atoms with Gasteiger partial charge in [-0.25, -0.2) is 4.79 Å². The molecule has 0 spiro atoms. The van der Waals surface area contributed by atoms with Gasteiger partial charge in [-0.3, -0.25) is 4.79 Å². The fraction of sp³-hybridized carbons (Fsp3) is 0.538. The second kappa shape index (κ2) is 10.7. The summed E-state index contributed by atoms with van der Waals surface area (Å²) in [5.41, 5.74) is 4.17. The molecule has 2 unspecified atom stereocenters. The van der Waals surface area contributed by atoms with Crippen molar-refractivity contribution in [2.24, 2.45) is 18.9 Å². The number of rotatable bonds is 7. The van der Waals surface area contributed by atoms with E-state index in [1.807, 2.05) is 23.0 Å². The predicted octanol–water partition coefficient (Wildman–Crippen LogP) is 5.76. The van der Waals surface area contributed by atoms with Gasteiger partial charge in [-0.1, -0.05) is 25.6 Å². The van der Waals surface area contributed by atoms with Crippen LogP contribution in [0, 0.1) is 11.8 Å². The third-order valence-electron chi connectivity index (χ3n) is 7.05. The Morgan fingerprint density at radius 2 is 1.86 bits per heavy atom. The zero-order valence-corrected chi connectivity index (χ0v) is 23.6. The largest absolute Gasteiger partial charge is 0.462 e. The normalized spacial score (nSPS) is 19.0. The Labute approximate surface area is 224 Å². The maximum Gasteiger partial charge on any atom is 0.341 e. The molecular formula is C26H32N4O3S3. The molecule has 10 heteroatoms. The average molecular weight is 545 g/mol. The third kappa shape index (κ3) is 4.99. The molecule has 7 nitrogen and oxygen atoms in total. The minimum absolute atomic E-state index is 0.163. The van der Waals surface area contributed by atoms with Crippen molar-refractivity contribution in [2.75, 3.05) is 17.7 Å². The first-order valence-corrected chi connectivity index (χ1v) is 15.3. The SMILES string of the molecule is CCOC(=O)c1c(NC(=O)CSc2nnc(-c3csc4c3CCC(C)C4)n2C)sc2c1CCC(C)C2. The Kier molecular flexibility index (Phi) is 7.55. The van der Waals surface area contributed by atoms with Gasteiger partial charge in [-0.05, 0) is 68.4 Å². The maximum absolute atomic E-state index is 12.9. The highest BCUT2D eigenvalue weighted by Crippen LogP contribution is 2.41. The number of aromatic nitrogens is 3. The molecule has 3 aromatic heterocycles. The van der Waals surface area contributed by atoms with Gasteiger partial charge < -0.3 is 14.6 Å². The first-order chi connectivity index (χ1) is 17.4. The summed E-state index contributed by atoms with van der Waals surface area (Å²) < 4.78 is 7.30. The Hall–Kier alpha value is -2.17. The van der Waals surface area contributed by atoms with E-state index >= 15 is 0 Å². The number of fused-ring (bicyclic) bond motifs is 2. The molecule has 2 atom stereocenters. The van der Waals surface area contributed by atoms with E-state index in [1.165, 1.54) is 50.4 Å². The van der Waals surface area contributed by atoms with E-state index in [2.05, 4.69) is 34.7 Å². The number of thioether (sulfide) groups is 1. The summed E-state index contributed by atoms with van der Waals surface area (Å²) in [4.78, 5) is 28.3. The summed E-state index contributed by atoms with van der Waals surface area (Å²) in [6, 6.07) is 0. The van der Waals surface area contributed by atoms with Gasteiger partial charge in [-0.15, -0.1) is 32.9 Å². The smallest absolute Gasteiger partial charge is 0.341 e. The van der Waals surface area contributed by atoms with Crippen LogP contribution in [0.1, 0.15) is 64.9 Å². The van der Waals surface area contributed by atoms with E-state index < -0.39 is 0 Å². The second-order valence-electron chi connectivity index (χ2n) is 9.88. The number of thiophene rings is 2. The van der Waals surface area contributed by atoms with Crippen molar-refractivity contribution in [3.63, 3.8) is 0 Å². The Morgan fingerprint density at radius 1 is 1.14 bits per heavy atom. The summed E-state index contributed by atoms with van der Waals surface area (Å²) >= 11 is 4.69. The molecule has 0 radical (unpaired) electrons. The molecule has 192 valence electrons. The summed E-state index contributed by atoms with van der Waals surface area (Å²) in [7, 11) is 1.96. The summed E-state index contributed by atoms with van der Waals surface area (Å²) in [6.45, 7) is 6.65. The molecule has 2 aliphatic rings. The molecule has 2 aliphatic carbocycles. The van der Waals surface area contributed by atoms with Crippen LogP contribution in [0.5, 0.6) is 0 Å². The van der Waals surface area contributed by atoms with E-state index in [9.17, 15) is 9.59 Å². The van der Waals surface area contributed by atoms with Crippen molar-refractivity contribution in [3.8, 4) is 11.4 Å². The standard InChI is InChI=1S/C26H32N4O3S3/c1-5-33-25(32)22-17-9-7-15(3)11-20(17)36-24(22)27-21(31)13-35-26-29-28-23(30(26)4)18-12-34-19-10-14(2)6-8-16(18)19/h12,14-15H,5-11,13H2,1-4H3,(H,27,31). The van der Waals surface area contributed by atoms with Crippen molar-refractivity contribution in [3.05, 3.63) is 31.8 Å². The van der Waals surface area contributed by atoms with Crippen LogP contribution in [0.3, 0.4) is 0 Å². The van der Waals surface area contributed by atoms with Gasteiger partial charge in [0.05, 0.1) is 17.9 Å². The number of hydrogen-bond acceptors (Lipinski definition) is 8. The Bertz CT molecular complexity index is 1290. The topological polar surface area (TPSA) is 86.1 Å². The first-order valence-electron chi connectivity index (χ1n) is 12.6. The van der Waals surface area contributed by atoms with Gasteiger partial charge in [-0.2, -0.15) is 0 Å². The molecule has 0 fully saturated rings. The average Bonchev–Trinajstić information content (AvgIpc) is 3.51. The van der Waals surface area contributed by atoms with Gasteiger partial charge in [0.15, 0.2) is 11.0 Å². The molecule has 0 bridgehead atoms. The highest BCUT2D eigenvalue weighted by molar-refractivity contribution is 7.99. The molecule has 1 amide bonds. The fourth-order valence-electron chi connectivity index (χ4n) is 5.09. The molecular weight excluding hydrogens is 513 g/mol. The number of amides is 1. The number of anilines is 1. The van der Waals surface area contributed by atoms with Crippen molar-refractivity contribution < 1.29 is 14.3 Å². The lowest BCUT2D eigenvalue weighted by atomic mass is 9.88. The minimum atomic E-state index is -0.348. The number of nitrogens with one attached hydrogen (secondary N) is 1. The van der Waals surface area contributed by atoms with Crippen molar-refractivity contribution >= 4 is 51.3 Å². The lowest BCUT2D eigenvalue weighted by molar-refractivity contribution is -0.113. The molecule has 0 saturated heterocycles. The monoisotopic (exact) mass is 544 g/mol. The van der Waals surface area contributed by atoms with Crippen LogP contribution < -0.4 is 5.32 Å². The van der Waals surface area contributed by atoms with Crippen LogP contribution in [0.25, 0.3) is 11.4 Å². The molecule has 3 heterocycles. The number of nitrogens with zero attached hydrogens (tertiary/aromatic N) is 3. The van der Waals surface area contributed by atoms with E-state index in [4.69, 9.17) is 4.74 Å². The molecule has 0 saturated carbocycles. The number of hydrogen-bond donors (Lipinski definition) is 1. The first kappa shape index (κ1) is 25.5. The van der Waals surface area contributed by atoms with Crippen LogP contribution in [0.2, 0.25) is 0 Å². The van der Waals surface area contributed by atoms with Crippen LogP contribution >= 0.6 is 34.4 Å². The molecule has 0 aromatic carbocycles. The Balaban J connectivity index is 1.29. The van der Waals surface area contributed by atoms with Crippen LogP contribution in [0.15, 0.2) is 10.5 Å². The van der Waals surface area contributed by atoms with Gasteiger partial charge in [0.25, 0.3) is 0 Å². The zero-order valence-electron chi connectivity index (χ0n) is 21.2. The Morgan fingerprint density at radius 3 is 2.61 bits per heavy atom. The van der Waals surface area contributed by atoms with E-state index in [1.54, 1.807) is 6.92 Å². The zero-order chi connectivity index (χ0) is 25.4. The van der Waals surface area contributed by atoms with Crippen molar-refractivity contribution in [1.29, 1.82) is 0 Å². The van der Waals surface area contributed by atoms with Crippen molar-refractivity contribution in [1.82, 2.24) is 14.8 Å². The van der Waals surface area contributed by atoms with Crippen LogP contribution in [-0.4, -0.2) is 39.0 Å². The molecule has 1 N–H and O–H groups in total. The van der Waals surface area contributed by atoms with Gasteiger partial charge in [0, 0.05) is 27.7 Å². The van der Waals surface area contributed by atoms with Crippen molar-refractivity contribution in [2.45, 2.75) is 64.5 Å². The molecule has 3 aromatic rings. The third-order valence-corrected chi connectivity index (χ3v) is 10.3. The van der Waals surface area contributed by atoms with E-state index in [0.29, 0.717) is 28.2 Å². The quantitative estimate of drug-likeness (QED) is 0.301. The van der Waals surface area contributed by atoms with E-state index in [-0.39, 0.29) is 17.6 Å². The van der Waals surface area contributed by atoms with E-state index in [0.717, 1.165) is 49.4 Å². The fourth-order valence-corrected chi connectivity index (χ4v) is 8.46. The van der Waals surface area contributed by atoms with Crippen LogP contribution in [0.4, 0.5) is 5.00 Å². The number of ether oxygens (including phenoxy) is 1. The molecule has 5 rings (SSSR count). The number of esters is 1. The number of carbonyl (C=O) groups is 2. The predicted molar refractivity (Wildman–Crippen MR) is 146 cm³/mol. The molecule has 36 heavy (non-hydrogen) atoms. The molecule has 0 aliphatic heterocycles. The minimum Gasteiger partial charge on any atom is -0.462 e. The van der Waals surface area contributed by atoms with Gasteiger partial charge in [0.2, 0.25) is 5.91 Å². The lowest BCUT2D eigenvalue weighted by Gasteiger charge is -2.18. The maximum atomic E-state index is 12.9. The highest BCUT2D eigenvalue weighted by Gasteiger charge is 2.29. The van der Waals surface area contributed by atoms with Gasteiger partial charge >= 0.3 is 5.97 Å².